The maximum absolute atomic E-state index is 12.3. The molecule has 1 aromatic carbocycles. The van der Waals surface area contributed by atoms with E-state index < -0.39 is 5.97 Å². The minimum absolute atomic E-state index is 0.151. The summed E-state index contributed by atoms with van der Waals surface area (Å²) >= 11 is 3.33. The zero-order valence-electron chi connectivity index (χ0n) is 11.9. The number of hydrogen-bond acceptors (Lipinski definition) is 2. The van der Waals surface area contributed by atoms with Crippen molar-refractivity contribution in [2.24, 2.45) is 5.92 Å². The number of rotatable bonds is 2. The zero-order valence-corrected chi connectivity index (χ0v) is 13.5. The first-order valence-electron chi connectivity index (χ1n) is 7.06. The molecule has 2 N–H and O–H groups in total. The Kier molecular flexibility index (Phi) is 5.22. The van der Waals surface area contributed by atoms with E-state index in [1.54, 1.807) is 11.0 Å². The summed E-state index contributed by atoms with van der Waals surface area (Å²) < 4.78 is 0.670. The molecule has 1 heterocycles. The van der Waals surface area contributed by atoms with Crippen molar-refractivity contribution in [1.82, 2.24) is 4.90 Å². The van der Waals surface area contributed by atoms with Gasteiger partial charge in [-0.1, -0.05) is 6.92 Å². The second-order valence-electron chi connectivity index (χ2n) is 5.45. The minimum atomic E-state index is -1.01. The summed E-state index contributed by atoms with van der Waals surface area (Å²) in [5.41, 5.74) is 0.634. The maximum Gasteiger partial charge on any atom is 0.335 e. The first-order chi connectivity index (χ1) is 9.97. The van der Waals surface area contributed by atoms with Gasteiger partial charge in [-0.05, 0) is 59.3 Å². The Balaban J connectivity index is 2.08. The number of urea groups is 1. The SMILES string of the molecule is CC1CCCN(C(=O)Nc2cc(C(=O)O)ccc2Br)CC1. The molecule has 1 fully saturated rings. The van der Waals surface area contributed by atoms with Crippen LogP contribution in [0.15, 0.2) is 22.7 Å². The first-order valence-corrected chi connectivity index (χ1v) is 7.85. The van der Waals surface area contributed by atoms with Crippen LogP contribution in [0.1, 0.15) is 36.5 Å². The minimum Gasteiger partial charge on any atom is -0.478 e. The number of nitrogens with one attached hydrogen (secondary N) is 1. The molecule has 0 aliphatic carbocycles. The summed E-state index contributed by atoms with van der Waals surface area (Å²) in [5, 5.41) is 11.8. The van der Waals surface area contributed by atoms with Crippen LogP contribution in [0.4, 0.5) is 10.5 Å². The number of anilines is 1. The Bertz CT molecular complexity index is 548. The van der Waals surface area contributed by atoms with Crippen LogP contribution >= 0.6 is 15.9 Å². The largest absolute Gasteiger partial charge is 0.478 e. The Morgan fingerprint density at radius 2 is 2.10 bits per heavy atom. The lowest BCUT2D eigenvalue weighted by molar-refractivity contribution is 0.0697. The quantitative estimate of drug-likeness (QED) is 0.848. The number of benzene rings is 1. The lowest BCUT2D eigenvalue weighted by Gasteiger charge is -2.21. The second kappa shape index (κ2) is 6.93. The van der Waals surface area contributed by atoms with Gasteiger partial charge in [0.15, 0.2) is 0 Å². The van der Waals surface area contributed by atoms with E-state index in [9.17, 15) is 9.59 Å². The number of nitrogens with zero attached hydrogens (tertiary/aromatic N) is 1. The summed E-state index contributed by atoms with van der Waals surface area (Å²) in [6.45, 7) is 3.68. The van der Waals surface area contributed by atoms with Crippen molar-refractivity contribution in [3.63, 3.8) is 0 Å². The molecule has 0 radical (unpaired) electrons. The lowest BCUT2D eigenvalue weighted by Crippen LogP contribution is -2.35. The molecule has 1 atom stereocenters. The molecule has 1 saturated heterocycles. The average Bonchev–Trinajstić information content (AvgIpc) is 2.65. The highest BCUT2D eigenvalue weighted by atomic mass is 79.9. The van der Waals surface area contributed by atoms with Crippen molar-refractivity contribution in [1.29, 1.82) is 0 Å². The monoisotopic (exact) mass is 354 g/mol. The molecule has 0 bridgehead atoms. The van der Waals surface area contributed by atoms with Gasteiger partial charge in [-0.25, -0.2) is 9.59 Å². The van der Waals surface area contributed by atoms with Crippen LogP contribution < -0.4 is 5.32 Å². The number of hydrogen-bond donors (Lipinski definition) is 2. The Morgan fingerprint density at radius 3 is 2.81 bits per heavy atom. The molecule has 1 aliphatic rings. The third-order valence-corrected chi connectivity index (χ3v) is 4.45. The van der Waals surface area contributed by atoms with E-state index in [1.165, 1.54) is 12.1 Å². The van der Waals surface area contributed by atoms with Crippen molar-refractivity contribution < 1.29 is 14.7 Å². The van der Waals surface area contributed by atoms with E-state index in [-0.39, 0.29) is 11.6 Å². The molecule has 1 unspecified atom stereocenters. The predicted molar refractivity (Wildman–Crippen MR) is 84.7 cm³/mol. The number of halogens is 1. The number of carboxylic acids is 1. The molecule has 0 saturated carbocycles. The molecule has 2 rings (SSSR count). The van der Waals surface area contributed by atoms with Crippen molar-refractivity contribution in [2.45, 2.75) is 26.2 Å². The molecule has 0 spiro atoms. The molecule has 0 aromatic heterocycles. The van der Waals surface area contributed by atoms with Crippen molar-refractivity contribution in [3.05, 3.63) is 28.2 Å². The fourth-order valence-corrected chi connectivity index (χ4v) is 2.76. The van der Waals surface area contributed by atoms with Crippen molar-refractivity contribution in [3.8, 4) is 0 Å². The highest BCUT2D eigenvalue weighted by Crippen LogP contribution is 2.25. The van der Waals surface area contributed by atoms with E-state index in [0.717, 1.165) is 32.4 Å². The van der Waals surface area contributed by atoms with Crippen LogP contribution in [0.5, 0.6) is 0 Å². The van der Waals surface area contributed by atoms with Gasteiger partial charge < -0.3 is 15.3 Å². The molecule has 21 heavy (non-hydrogen) atoms. The number of aromatic carboxylic acids is 1. The van der Waals surface area contributed by atoms with Gasteiger partial charge in [0, 0.05) is 17.6 Å². The highest BCUT2D eigenvalue weighted by Gasteiger charge is 2.19. The number of carbonyl (C=O) groups excluding carboxylic acids is 1. The Labute approximate surface area is 132 Å². The molecular formula is C15H19BrN2O3. The van der Waals surface area contributed by atoms with Crippen LogP contribution in [0.3, 0.4) is 0 Å². The summed E-state index contributed by atoms with van der Waals surface area (Å²) in [6.07, 6.45) is 3.15. The normalized spacial score (nSPS) is 19.0. The summed E-state index contributed by atoms with van der Waals surface area (Å²) in [5.74, 6) is -0.369. The van der Waals surface area contributed by atoms with Gasteiger partial charge in [-0.3, -0.25) is 0 Å². The molecule has 1 aromatic rings. The number of likely N-dealkylation sites (tertiary alicyclic amines) is 1. The molecule has 6 heteroatoms. The van der Waals surface area contributed by atoms with Gasteiger partial charge in [-0.15, -0.1) is 0 Å². The number of carbonyl (C=O) groups is 2. The first kappa shape index (κ1) is 15.8. The maximum atomic E-state index is 12.3. The fourth-order valence-electron chi connectivity index (χ4n) is 2.41. The van der Waals surface area contributed by atoms with E-state index in [2.05, 4.69) is 28.2 Å². The van der Waals surface area contributed by atoms with E-state index in [4.69, 9.17) is 5.11 Å². The Morgan fingerprint density at radius 1 is 1.33 bits per heavy atom. The molecule has 2 amide bonds. The van der Waals surface area contributed by atoms with Gasteiger partial charge in [0.1, 0.15) is 0 Å². The van der Waals surface area contributed by atoms with Crippen LogP contribution in [0, 0.1) is 5.92 Å². The van der Waals surface area contributed by atoms with E-state index in [1.807, 2.05) is 0 Å². The van der Waals surface area contributed by atoms with Crippen molar-refractivity contribution in [2.75, 3.05) is 18.4 Å². The van der Waals surface area contributed by atoms with E-state index >= 15 is 0 Å². The third-order valence-electron chi connectivity index (χ3n) is 3.76. The van der Waals surface area contributed by atoms with Crippen LogP contribution in [0.25, 0.3) is 0 Å². The number of carboxylic acid groups (broad SMARTS) is 1. The molecule has 1 aliphatic heterocycles. The fraction of sp³-hybridized carbons (Fsp3) is 0.467. The van der Waals surface area contributed by atoms with Gasteiger partial charge in [-0.2, -0.15) is 0 Å². The average molecular weight is 355 g/mol. The predicted octanol–water partition coefficient (Wildman–Crippen LogP) is 3.80. The number of amides is 2. The smallest absolute Gasteiger partial charge is 0.335 e. The van der Waals surface area contributed by atoms with E-state index in [0.29, 0.717) is 16.1 Å². The Hall–Kier alpha value is -1.56. The summed E-state index contributed by atoms with van der Waals surface area (Å²) in [4.78, 5) is 25.1. The zero-order chi connectivity index (χ0) is 15.4. The van der Waals surface area contributed by atoms with Crippen LogP contribution in [-0.4, -0.2) is 35.1 Å². The van der Waals surface area contributed by atoms with Gasteiger partial charge in [0.25, 0.3) is 0 Å². The van der Waals surface area contributed by atoms with Gasteiger partial charge >= 0.3 is 12.0 Å². The van der Waals surface area contributed by atoms with Crippen LogP contribution in [-0.2, 0) is 0 Å². The highest BCUT2D eigenvalue weighted by molar-refractivity contribution is 9.10. The van der Waals surface area contributed by atoms with Crippen LogP contribution in [0.2, 0.25) is 0 Å². The summed E-state index contributed by atoms with van der Waals surface area (Å²) in [6, 6.07) is 4.41. The molecule has 5 nitrogen and oxygen atoms in total. The standard InChI is InChI=1S/C15H19BrN2O3/c1-10-3-2-7-18(8-6-10)15(21)17-13-9-11(14(19)20)4-5-12(13)16/h4-5,9-10H,2-3,6-8H2,1H3,(H,17,21)(H,19,20). The molecular weight excluding hydrogens is 336 g/mol. The third kappa shape index (κ3) is 4.20. The molecule has 114 valence electrons. The van der Waals surface area contributed by atoms with Crippen molar-refractivity contribution >= 4 is 33.6 Å². The van der Waals surface area contributed by atoms with Gasteiger partial charge in [0.2, 0.25) is 0 Å². The second-order valence-corrected chi connectivity index (χ2v) is 6.31. The summed E-state index contributed by atoms with van der Waals surface area (Å²) in [7, 11) is 0. The lowest BCUT2D eigenvalue weighted by atomic mass is 10.0. The van der Waals surface area contributed by atoms with Gasteiger partial charge in [0.05, 0.1) is 11.3 Å². The topological polar surface area (TPSA) is 69.6 Å².